The zero-order valence-corrected chi connectivity index (χ0v) is 18.5. The Hall–Kier alpha value is -2.61. The fourth-order valence-electron chi connectivity index (χ4n) is 3.10. The Morgan fingerprint density at radius 3 is 2.43 bits per heavy atom. The minimum atomic E-state index is -0.0725. The Kier molecular flexibility index (Phi) is 6.22. The van der Waals surface area contributed by atoms with Gasteiger partial charge in [-0.1, -0.05) is 29.4 Å². The lowest BCUT2D eigenvalue weighted by atomic mass is 10.1. The maximum Gasteiger partial charge on any atom is 0.255 e. The minimum absolute atomic E-state index is 0.0725. The maximum atomic E-state index is 12.3. The third kappa shape index (κ3) is 4.43. The van der Waals surface area contributed by atoms with E-state index in [2.05, 4.69) is 4.98 Å². The highest BCUT2D eigenvalue weighted by Crippen LogP contribution is 2.25. The number of thioether (sulfide) groups is 1. The van der Waals surface area contributed by atoms with Gasteiger partial charge in [0.15, 0.2) is 10.9 Å². The summed E-state index contributed by atoms with van der Waals surface area (Å²) in [5.74, 6) is 0.0739. The number of rotatable bonds is 7. The second-order valence-corrected chi connectivity index (χ2v) is 9.03. The van der Waals surface area contributed by atoms with E-state index in [0.717, 1.165) is 22.2 Å². The molecular weight excluding hydrogens is 438 g/mol. The first-order chi connectivity index (χ1) is 14.5. The highest BCUT2D eigenvalue weighted by atomic mass is 35.5. The van der Waals surface area contributed by atoms with Crippen molar-refractivity contribution >= 4 is 40.5 Å². The summed E-state index contributed by atoms with van der Waals surface area (Å²) in [5, 5.41) is 0.848. The molecule has 4 aromatic rings. The third-order valence-corrected chi connectivity index (χ3v) is 6.52. The first-order valence-electron chi connectivity index (χ1n) is 9.24. The maximum absolute atomic E-state index is 12.3. The average Bonchev–Trinajstić information content (AvgIpc) is 3.39. The summed E-state index contributed by atoms with van der Waals surface area (Å²) < 4.78 is 4.22. The van der Waals surface area contributed by atoms with E-state index in [1.807, 2.05) is 47.4 Å². The van der Waals surface area contributed by atoms with Crippen molar-refractivity contribution in [3.63, 3.8) is 0 Å². The van der Waals surface area contributed by atoms with Crippen LogP contribution >= 0.6 is 34.7 Å². The van der Waals surface area contributed by atoms with Crippen molar-refractivity contribution in [3.8, 4) is 11.4 Å². The normalized spacial score (nSPS) is 11.0. The van der Waals surface area contributed by atoms with Crippen molar-refractivity contribution in [1.29, 1.82) is 0 Å². The second kappa shape index (κ2) is 9.04. The fraction of sp³-hybridized carbons (Fsp3) is 0.136. The molecule has 0 spiro atoms. The lowest BCUT2D eigenvalue weighted by Crippen LogP contribution is -2.15. The molecule has 30 heavy (non-hydrogen) atoms. The first kappa shape index (κ1) is 20.7. The van der Waals surface area contributed by atoms with Gasteiger partial charge in [0.2, 0.25) is 0 Å². The molecule has 0 saturated heterocycles. The molecule has 3 heterocycles. The van der Waals surface area contributed by atoms with Gasteiger partial charge in [-0.25, -0.2) is 4.98 Å². The van der Waals surface area contributed by atoms with Crippen LogP contribution in [-0.2, 0) is 6.42 Å². The molecule has 0 aliphatic heterocycles. The summed E-state index contributed by atoms with van der Waals surface area (Å²) in [4.78, 5) is 29.7. The number of aromatic nitrogens is 3. The number of hydrogen-bond donors (Lipinski definition) is 0. The van der Waals surface area contributed by atoms with E-state index in [1.54, 1.807) is 40.7 Å². The number of imidazole rings is 1. The highest BCUT2D eigenvalue weighted by molar-refractivity contribution is 7.98. The van der Waals surface area contributed by atoms with E-state index in [4.69, 9.17) is 11.6 Å². The molecule has 0 saturated carbocycles. The molecule has 0 radical (unpaired) electrons. The smallest absolute Gasteiger partial charge is 0.255 e. The summed E-state index contributed by atoms with van der Waals surface area (Å²) >= 11 is 8.77. The number of aryl methyl sites for hydroxylation is 1. The van der Waals surface area contributed by atoms with Gasteiger partial charge in [-0.15, -0.1) is 11.3 Å². The van der Waals surface area contributed by atoms with Gasteiger partial charge < -0.3 is 0 Å². The Morgan fingerprint density at radius 1 is 1.07 bits per heavy atom. The molecular formula is C22H18ClN3O2S2. The molecule has 0 aliphatic carbocycles. The molecule has 1 aromatic carbocycles. The van der Waals surface area contributed by atoms with Gasteiger partial charge in [-0.3, -0.25) is 18.7 Å². The predicted octanol–water partition coefficient (Wildman–Crippen LogP) is 5.28. The predicted molar refractivity (Wildman–Crippen MR) is 123 cm³/mol. The third-order valence-electron chi connectivity index (χ3n) is 4.59. The summed E-state index contributed by atoms with van der Waals surface area (Å²) in [5.41, 5.74) is 2.54. The zero-order chi connectivity index (χ0) is 21.1. The van der Waals surface area contributed by atoms with Crippen molar-refractivity contribution in [1.82, 2.24) is 14.1 Å². The molecule has 0 N–H and O–H groups in total. The summed E-state index contributed by atoms with van der Waals surface area (Å²) in [7, 11) is 0. The Morgan fingerprint density at radius 2 is 1.80 bits per heavy atom. The van der Waals surface area contributed by atoms with E-state index >= 15 is 0 Å². The average molecular weight is 456 g/mol. The highest BCUT2D eigenvalue weighted by Gasteiger charge is 2.13. The number of carbonyl (C=O) groups excluding carboxylic acids is 1. The number of nitrogens with zero attached hydrogens (tertiary/aromatic N) is 3. The van der Waals surface area contributed by atoms with Gasteiger partial charge in [-0.2, -0.15) is 0 Å². The Balaban J connectivity index is 1.53. The van der Waals surface area contributed by atoms with Crippen molar-refractivity contribution in [2.45, 2.75) is 18.0 Å². The summed E-state index contributed by atoms with van der Waals surface area (Å²) in [6, 6.07) is 16.3. The van der Waals surface area contributed by atoms with E-state index in [-0.39, 0.29) is 11.3 Å². The minimum Gasteiger partial charge on any atom is -0.295 e. The molecule has 0 fully saturated rings. The number of halogens is 1. The van der Waals surface area contributed by atoms with Crippen LogP contribution in [0, 0.1) is 0 Å². The number of pyridine rings is 1. The Bertz CT molecular complexity index is 1240. The van der Waals surface area contributed by atoms with Gasteiger partial charge in [0.1, 0.15) is 0 Å². The summed E-state index contributed by atoms with van der Waals surface area (Å²) in [6.07, 6.45) is 6.63. The van der Waals surface area contributed by atoms with Crippen molar-refractivity contribution in [2.24, 2.45) is 0 Å². The fourth-order valence-corrected chi connectivity index (χ4v) is 4.68. The van der Waals surface area contributed by atoms with E-state index in [1.165, 1.54) is 17.4 Å². The molecule has 0 amide bonds. The van der Waals surface area contributed by atoms with E-state index in [0.29, 0.717) is 22.1 Å². The van der Waals surface area contributed by atoms with Gasteiger partial charge in [0, 0.05) is 36.3 Å². The number of carbonyl (C=O) groups is 1. The van der Waals surface area contributed by atoms with Gasteiger partial charge in [0.05, 0.1) is 14.9 Å². The van der Waals surface area contributed by atoms with E-state index < -0.39 is 0 Å². The summed E-state index contributed by atoms with van der Waals surface area (Å²) in [6.45, 7) is 0. The molecule has 0 aliphatic rings. The lowest BCUT2D eigenvalue weighted by Gasteiger charge is -2.08. The van der Waals surface area contributed by atoms with Gasteiger partial charge >= 0.3 is 0 Å². The first-order valence-corrected chi connectivity index (χ1v) is 11.7. The monoisotopic (exact) mass is 455 g/mol. The van der Waals surface area contributed by atoms with Gasteiger partial charge in [-0.05, 0) is 55.1 Å². The van der Waals surface area contributed by atoms with Gasteiger partial charge in [0.25, 0.3) is 5.56 Å². The van der Waals surface area contributed by atoms with Crippen molar-refractivity contribution in [2.75, 3.05) is 6.26 Å². The second-order valence-electron chi connectivity index (χ2n) is 6.54. The van der Waals surface area contributed by atoms with Crippen LogP contribution in [0.15, 0.2) is 76.9 Å². The number of ketones is 1. The lowest BCUT2D eigenvalue weighted by molar-refractivity contribution is 0.0986. The van der Waals surface area contributed by atoms with Crippen LogP contribution in [0.2, 0.25) is 4.34 Å². The molecule has 0 atom stereocenters. The van der Waals surface area contributed by atoms with Crippen LogP contribution in [0.4, 0.5) is 0 Å². The largest absolute Gasteiger partial charge is 0.295 e. The van der Waals surface area contributed by atoms with Crippen LogP contribution in [0.5, 0.6) is 0 Å². The quantitative estimate of drug-likeness (QED) is 0.281. The molecule has 4 rings (SSSR count). The number of benzene rings is 1. The topological polar surface area (TPSA) is 56.9 Å². The molecule has 152 valence electrons. The van der Waals surface area contributed by atoms with Crippen molar-refractivity contribution < 1.29 is 4.79 Å². The molecule has 0 unspecified atom stereocenters. The zero-order valence-electron chi connectivity index (χ0n) is 16.1. The van der Waals surface area contributed by atoms with Crippen molar-refractivity contribution in [3.05, 3.63) is 92.3 Å². The number of Topliss-reactive ketones (excluding diaryl/α,β-unsaturated/α-hetero) is 1. The Labute approximate surface area is 187 Å². The number of thiophene rings is 1. The molecule has 5 nitrogen and oxygen atoms in total. The van der Waals surface area contributed by atoms with Crippen LogP contribution in [-0.4, -0.2) is 26.2 Å². The van der Waals surface area contributed by atoms with Crippen LogP contribution < -0.4 is 5.56 Å². The molecule has 3 aromatic heterocycles. The van der Waals surface area contributed by atoms with Crippen LogP contribution in [0.25, 0.3) is 11.4 Å². The van der Waals surface area contributed by atoms with Crippen LogP contribution in [0.3, 0.4) is 0 Å². The molecule has 8 heteroatoms. The molecule has 0 bridgehead atoms. The SMILES string of the molecule is CSc1nc(CCC(=O)c2ccc(Cl)s2)cn1-c1ccc(-n2ccccc2=O)cc1. The van der Waals surface area contributed by atoms with E-state index in [9.17, 15) is 9.59 Å². The number of hydrogen-bond acceptors (Lipinski definition) is 5. The standard InChI is InChI=1S/C22H18ClN3O2S2/c1-29-22-24-15(5-10-18(27)19-11-12-20(23)30-19)14-26(22)17-8-6-16(7-9-17)25-13-3-2-4-21(25)28/h2-4,6-9,11-14H,5,10H2,1H3. The van der Waals surface area contributed by atoms with Crippen LogP contribution in [0.1, 0.15) is 21.8 Å².